The molecule has 4 unspecified atom stereocenters. The molecular weight excluding hydrogens is 1630 g/mol. The van der Waals surface area contributed by atoms with Gasteiger partial charge < -0.3 is 82.7 Å². The van der Waals surface area contributed by atoms with Gasteiger partial charge >= 0.3 is 23.9 Å². The number of carbonyl (C=O) groups is 8. The molecule has 3 aromatic carbocycles. The maximum absolute atomic E-state index is 12.8. The molecule has 0 spiro atoms. The molecule has 4 aliphatic heterocycles. The first-order valence-corrected chi connectivity index (χ1v) is 44.2. The summed E-state index contributed by atoms with van der Waals surface area (Å²) in [6.07, 6.45) is 21.0. The van der Waals surface area contributed by atoms with Crippen molar-refractivity contribution in [2.45, 2.75) is 129 Å². The number of thiophene rings is 1. The van der Waals surface area contributed by atoms with Crippen molar-refractivity contribution < 1.29 is 57.3 Å². The summed E-state index contributed by atoms with van der Waals surface area (Å²) in [7, 11) is 5.54. The minimum atomic E-state index is -0.437. The molecule has 12 rings (SSSR count). The van der Waals surface area contributed by atoms with Crippen LogP contribution in [0.2, 0.25) is 0 Å². The van der Waals surface area contributed by atoms with Crippen LogP contribution in [0.3, 0.4) is 0 Å². The first kappa shape index (κ1) is 97.9. The minimum absolute atomic E-state index is 0.200. The molecule has 28 nitrogen and oxygen atoms in total. The van der Waals surface area contributed by atoms with Gasteiger partial charge in [-0.3, -0.25) is 58.3 Å². The number of esters is 4. The third-order valence-corrected chi connectivity index (χ3v) is 25.2. The zero-order valence-corrected chi connectivity index (χ0v) is 75.2. The highest BCUT2D eigenvalue weighted by Crippen LogP contribution is 2.34. The standard InChI is InChI=1S/3C25H32N4O3.C23H30N4O3S/c1-17(23(25(31)32-3)14-19-6-5-13-29(16-19)18(2)26)28-24(30)21-10-8-20(9-11-21)22-7-4-12-27-15-22;1-17(23(25(31)32-3)15-19-5-4-14-29(16-19)18(2)26)28-24(30)22-8-6-20(7-9-22)21-10-12-27-13-11-21;1-17(22(25(31)32-3)15-19-7-6-14-29(16-19)18(2)26)28-24(30)21-11-9-20(10-12-21)23-8-4-5-13-27-23;1-15(18(23(29)30-3)13-17-7-6-12-27(14-17)16(2)24)26-22(28)21-10-9-20(31-21)19-8-4-5-11-25-19/h4,7-12,15,17,19,23H,2,5-6,13-14,16,26H2,1,3H3,(H,28,30);6-13,17,19,23H,2,4-5,14-16,26H2,1,3H3,(H,28,30);4-5,8-13,17,19,22H,2,6-7,14-16,26H2,1,3H3,(H,28,30);4-5,8-11,15,17-18H,2,6-7,12-14,24H2,1,3H3,(H,26,28)/t2*17-,19?,23-;17-,19?,22-;15-,17?,18-/m1111/s1. The van der Waals surface area contributed by atoms with Gasteiger partial charge in [0.15, 0.2) is 0 Å². The molecular formula is C98H126N16O12S. The number of aromatic nitrogens is 4. The SMILES string of the molecule is C=C(N)N1CCCC(C[C@@H](C(=O)OC)[C@@H](C)NC(=O)c2ccc(-c3ccccn3)cc2)C1.C=C(N)N1CCCC(C[C@@H](C(=O)OC)[C@@H](C)NC(=O)c2ccc(-c3ccccn3)s2)C1.C=C(N)N1CCCC(C[C@@H](C(=O)OC)[C@@H](C)NC(=O)c2ccc(-c3cccnc3)cc2)C1.C=C(N)N1CCCC(C[C@@H](C(=O)OC)[C@@H](C)NC(=O)c2ccc(-c3ccncc3)cc2)C1. The number of hydrogen-bond acceptors (Lipinski definition) is 25. The molecule has 9 heterocycles. The number of benzene rings is 3. The molecule has 8 aromatic rings. The van der Waals surface area contributed by atoms with Crippen molar-refractivity contribution in [2.75, 3.05) is 80.8 Å². The summed E-state index contributed by atoms with van der Waals surface area (Å²) >= 11 is 1.38. The number of likely N-dealkylation sites (tertiary alicyclic amines) is 4. The quantitative estimate of drug-likeness (QED) is 0.0143. The van der Waals surface area contributed by atoms with Crippen LogP contribution in [0.25, 0.3) is 44.1 Å². The molecule has 676 valence electrons. The van der Waals surface area contributed by atoms with E-state index in [1.165, 1.54) is 39.8 Å². The Balaban J connectivity index is 0.000000191. The molecule has 0 radical (unpaired) electrons. The van der Waals surface area contributed by atoms with E-state index in [1.54, 1.807) is 79.6 Å². The van der Waals surface area contributed by atoms with E-state index in [1.807, 2.05) is 131 Å². The van der Waals surface area contributed by atoms with E-state index < -0.39 is 23.7 Å². The minimum Gasteiger partial charge on any atom is -0.469 e. The summed E-state index contributed by atoms with van der Waals surface area (Å²) in [6.45, 7) is 29.3. The van der Waals surface area contributed by atoms with Gasteiger partial charge in [0.05, 0.1) is 96.5 Å². The fourth-order valence-electron chi connectivity index (χ4n) is 16.8. The summed E-state index contributed by atoms with van der Waals surface area (Å²) in [5.74, 6) is -0.473. The number of hydrogen-bond donors (Lipinski definition) is 8. The highest BCUT2D eigenvalue weighted by molar-refractivity contribution is 7.17. The monoisotopic (exact) mass is 1750 g/mol. The zero-order chi connectivity index (χ0) is 91.6. The lowest BCUT2D eigenvalue weighted by Gasteiger charge is -2.36. The van der Waals surface area contributed by atoms with Crippen LogP contribution in [0, 0.1) is 47.3 Å². The Bertz CT molecular complexity index is 4570. The Hall–Kier alpha value is -12.9. The maximum atomic E-state index is 12.8. The van der Waals surface area contributed by atoms with Crippen LogP contribution in [0.15, 0.2) is 232 Å². The van der Waals surface area contributed by atoms with Crippen LogP contribution in [0.4, 0.5) is 0 Å². The Labute approximate surface area is 750 Å². The van der Waals surface area contributed by atoms with Gasteiger partial charge in [-0.15, -0.1) is 11.3 Å². The predicted octanol–water partition coefficient (Wildman–Crippen LogP) is 12.8. The molecule has 0 saturated carbocycles. The smallest absolute Gasteiger partial charge is 0.310 e. The van der Waals surface area contributed by atoms with Gasteiger partial charge in [-0.05, 0) is 242 Å². The van der Waals surface area contributed by atoms with Crippen LogP contribution >= 0.6 is 11.3 Å². The van der Waals surface area contributed by atoms with E-state index in [4.69, 9.17) is 41.9 Å². The average molecular weight is 1750 g/mol. The lowest BCUT2D eigenvalue weighted by molar-refractivity contribution is -0.148. The van der Waals surface area contributed by atoms with Gasteiger partial charge in [0.2, 0.25) is 0 Å². The second kappa shape index (κ2) is 49.1. The third-order valence-electron chi connectivity index (χ3n) is 24.1. The third kappa shape index (κ3) is 29.3. The van der Waals surface area contributed by atoms with Crippen molar-refractivity contribution in [3.05, 3.63) is 254 Å². The number of methoxy groups -OCH3 is 4. The van der Waals surface area contributed by atoms with Crippen molar-refractivity contribution in [2.24, 2.45) is 70.3 Å². The summed E-state index contributed by atoms with van der Waals surface area (Å²) < 4.78 is 20.2. The van der Waals surface area contributed by atoms with E-state index in [-0.39, 0.29) is 95.3 Å². The summed E-state index contributed by atoms with van der Waals surface area (Å²) in [5, 5.41) is 12.0. The number of nitrogens with one attached hydrogen (secondary N) is 4. The van der Waals surface area contributed by atoms with E-state index in [0.29, 0.717) is 70.5 Å². The fraction of sp³-hybridized carbons (Fsp3) is 0.408. The Morgan fingerprint density at radius 1 is 0.370 bits per heavy atom. The summed E-state index contributed by atoms with van der Waals surface area (Å²) in [5.41, 5.74) is 31.7. The van der Waals surface area contributed by atoms with Crippen molar-refractivity contribution in [3.63, 3.8) is 0 Å². The average Bonchev–Trinajstić information content (AvgIpc) is 1.77. The largest absolute Gasteiger partial charge is 0.469 e. The van der Waals surface area contributed by atoms with Gasteiger partial charge in [-0.1, -0.05) is 80.9 Å². The molecule has 29 heteroatoms. The predicted molar refractivity (Wildman–Crippen MR) is 495 cm³/mol. The Morgan fingerprint density at radius 2 is 0.693 bits per heavy atom. The Morgan fingerprint density at radius 3 is 1.01 bits per heavy atom. The molecule has 4 fully saturated rings. The van der Waals surface area contributed by atoms with E-state index in [0.717, 1.165) is 148 Å². The molecule has 0 bridgehead atoms. The number of pyridine rings is 4. The number of piperidine rings is 4. The number of nitrogens with two attached hydrogens (primary N) is 4. The Kier molecular flexibility index (Phi) is 37.8. The summed E-state index contributed by atoms with van der Waals surface area (Å²) in [6, 6.07) is 43.3. The number of carbonyl (C=O) groups excluding carboxylic acids is 8. The number of amides is 4. The molecule has 4 amide bonds. The molecule has 0 aliphatic carbocycles. The van der Waals surface area contributed by atoms with Gasteiger partial charge in [0.25, 0.3) is 23.6 Å². The molecule has 4 saturated heterocycles. The maximum Gasteiger partial charge on any atom is 0.310 e. The lowest BCUT2D eigenvalue weighted by atomic mass is 9.85. The highest BCUT2D eigenvalue weighted by Gasteiger charge is 2.38. The topological polar surface area (TPSA) is 390 Å². The van der Waals surface area contributed by atoms with Crippen LogP contribution < -0.4 is 44.2 Å². The number of rotatable bonds is 32. The van der Waals surface area contributed by atoms with Gasteiger partial charge in [0, 0.05) is 136 Å². The molecule has 5 aromatic heterocycles. The van der Waals surface area contributed by atoms with Crippen LogP contribution in [0.5, 0.6) is 0 Å². The van der Waals surface area contributed by atoms with Gasteiger partial charge in [0.1, 0.15) is 0 Å². The number of nitrogens with zero attached hydrogens (tertiary/aromatic N) is 8. The van der Waals surface area contributed by atoms with E-state index in [2.05, 4.69) is 87.1 Å². The molecule has 127 heavy (non-hydrogen) atoms. The first-order chi connectivity index (χ1) is 61.0. The second-order valence-corrected chi connectivity index (χ2v) is 34.2. The summed E-state index contributed by atoms with van der Waals surface area (Å²) in [4.78, 5) is 128. The fourth-order valence-corrected chi connectivity index (χ4v) is 17.7. The van der Waals surface area contributed by atoms with E-state index >= 15 is 0 Å². The van der Waals surface area contributed by atoms with Crippen molar-refractivity contribution >= 4 is 58.8 Å². The highest BCUT2D eigenvalue weighted by atomic mass is 32.1. The first-order valence-electron chi connectivity index (χ1n) is 43.4. The van der Waals surface area contributed by atoms with E-state index in [9.17, 15) is 38.4 Å². The zero-order valence-electron chi connectivity index (χ0n) is 74.4. The second-order valence-electron chi connectivity index (χ2n) is 33.1. The van der Waals surface area contributed by atoms with Crippen LogP contribution in [-0.2, 0) is 38.1 Å². The van der Waals surface area contributed by atoms with Crippen molar-refractivity contribution in [1.82, 2.24) is 60.8 Å². The molecule has 12 N–H and O–H groups in total. The molecule has 4 aliphatic rings. The van der Waals surface area contributed by atoms with Gasteiger partial charge in [-0.25, -0.2) is 0 Å². The van der Waals surface area contributed by atoms with Crippen molar-refractivity contribution in [1.29, 1.82) is 0 Å². The van der Waals surface area contributed by atoms with Crippen LogP contribution in [0.1, 0.15) is 145 Å². The van der Waals surface area contributed by atoms with Crippen molar-refractivity contribution in [3.8, 4) is 44.1 Å². The molecule has 12 atom stereocenters. The van der Waals surface area contributed by atoms with Gasteiger partial charge in [-0.2, -0.15) is 0 Å². The lowest BCUT2D eigenvalue weighted by Crippen LogP contribution is -2.44. The van der Waals surface area contributed by atoms with Crippen LogP contribution in [-0.4, -0.2) is 192 Å². The normalized spacial score (nSPS) is 17.9. The number of ether oxygens (including phenoxy) is 4.